The molecule has 0 unspecified atom stereocenters. The molecule has 0 spiro atoms. The first-order valence-electron chi connectivity index (χ1n) is 16.2. The Morgan fingerprint density at radius 2 is 1.79 bits per heavy atom. The van der Waals surface area contributed by atoms with E-state index in [1.807, 2.05) is 25.1 Å². The smallest absolute Gasteiger partial charge is 0.261 e. The molecule has 1 amide bonds. The van der Waals surface area contributed by atoms with Crippen LogP contribution in [-0.2, 0) is 21.3 Å². The van der Waals surface area contributed by atoms with Crippen LogP contribution in [0.2, 0.25) is 0 Å². The second-order valence-corrected chi connectivity index (χ2v) is 14.2. The van der Waals surface area contributed by atoms with Gasteiger partial charge in [-0.3, -0.25) is 14.4 Å². The Balaban J connectivity index is 1.64. The van der Waals surface area contributed by atoms with E-state index >= 15 is 0 Å². The van der Waals surface area contributed by atoms with Gasteiger partial charge >= 0.3 is 0 Å². The minimum absolute atomic E-state index is 0.0576. The van der Waals surface area contributed by atoms with E-state index in [9.17, 15) is 18.3 Å². The van der Waals surface area contributed by atoms with E-state index in [4.69, 9.17) is 14.2 Å². The number of nitrogens with zero attached hydrogens (tertiary/aromatic N) is 2. The van der Waals surface area contributed by atoms with Crippen molar-refractivity contribution in [3.63, 3.8) is 0 Å². The molecule has 0 radical (unpaired) electrons. The van der Waals surface area contributed by atoms with Gasteiger partial charge in [0.15, 0.2) is 0 Å². The quantitative estimate of drug-likeness (QED) is 0.294. The summed E-state index contributed by atoms with van der Waals surface area (Å²) in [4.78, 5) is 18.3. The van der Waals surface area contributed by atoms with Gasteiger partial charge in [-0.15, -0.1) is 0 Å². The largest absolute Gasteiger partial charge is 0.497 e. The second-order valence-electron chi connectivity index (χ2n) is 12.5. The molecule has 3 aromatic carbocycles. The number of hydrogen-bond donors (Lipinski definition) is 2. The zero-order valence-corrected chi connectivity index (χ0v) is 28.9. The van der Waals surface area contributed by atoms with Crippen molar-refractivity contribution >= 4 is 21.6 Å². The highest BCUT2D eigenvalue weighted by Gasteiger charge is 2.30. The molecule has 2 N–H and O–H groups in total. The van der Waals surface area contributed by atoms with Crippen molar-refractivity contribution in [1.82, 2.24) is 9.80 Å². The number of benzene rings is 3. The van der Waals surface area contributed by atoms with E-state index in [1.54, 1.807) is 36.1 Å². The van der Waals surface area contributed by atoms with Crippen LogP contribution in [0.15, 0.2) is 77.7 Å². The normalized spacial score (nSPS) is 20.5. The third-order valence-corrected chi connectivity index (χ3v) is 9.86. The number of anilines is 1. The molecule has 0 saturated heterocycles. The number of sulfonamides is 1. The number of rotatable bonds is 10. The van der Waals surface area contributed by atoms with Crippen LogP contribution in [0, 0.1) is 5.92 Å². The van der Waals surface area contributed by atoms with Crippen molar-refractivity contribution in [3.8, 4) is 11.5 Å². The molecule has 3 aromatic rings. The monoisotopic (exact) mass is 667 g/mol. The highest BCUT2D eigenvalue weighted by Crippen LogP contribution is 2.30. The number of carbonyl (C=O) groups is 1. The lowest BCUT2D eigenvalue weighted by Gasteiger charge is -2.36. The van der Waals surface area contributed by atoms with E-state index in [2.05, 4.69) is 35.7 Å². The topological polar surface area (TPSA) is 118 Å². The van der Waals surface area contributed by atoms with Crippen molar-refractivity contribution in [2.75, 3.05) is 45.2 Å². The van der Waals surface area contributed by atoms with Gasteiger partial charge in [0, 0.05) is 37.8 Å². The maximum Gasteiger partial charge on any atom is 0.261 e. The first kappa shape index (κ1) is 36.2. The van der Waals surface area contributed by atoms with Gasteiger partial charge in [-0.05, 0) is 88.2 Å². The fourth-order valence-corrected chi connectivity index (χ4v) is 6.73. The van der Waals surface area contributed by atoms with Gasteiger partial charge in [-0.1, -0.05) is 37.3 Å². The maximum absolute atomic E-state index is 14.4. The molecular weight excluding hydrogens is 618 g/mol. The Morgan fingerprint density at radius 3 is 2.47 bits per heavy atom. The fraction of sp³-hybridized carbons (Fsp3) is 0.472. The summed E-state index contributed by atoms with van der Waals surface area (Å²) in [7, 11) is -0.382. The minimum Gasteiger partial charge on any atom is -0.497 e. The molecule has 11 heteroatoms. The molecule has 1 aliphatic rings. The number of carbonyl (C=O) groups excluding carboxylic acids is 1. The third-order valence-electron chi connectivity index (χ3n) is 8.46. The predicted molar refractivity (Wildman–Crippen MR) is 183 cm³/mol. The molecule has 0 fully saturated rings. The van der Waals surface area contributed by atoms with E-state index in [-0.39, 0.29) is 46.8 Å². The van der Waals surface area contributed by atoms with Crippen LogP contribution in [0.3, 0.4) is 0 Å². The van der Waals surface area contributed by atoms with Crippen molar-refractivity contribution in [1.29, 1.82) is 0 Å². The van der Waals surface area contributed by atoms with Gasteiger partial charge in [0.2, 0.25) is 0 Å². The summed E-state index contributed by atoms with van der Waals surface area (Å²) >= 11 is 0. The number of hydrogen-bond acceptors (Lipinski definition) is 8. The summed E-state index contributed by atoms with van der Waals surface area (Å²) in [5.74, 6) is 0.466. The van der Waals surface area contributed by atoms with Gasteiger partial charge < -0.3 is 24.2 Å². The number of aliphatic hydroxyl groups is 1. The van der Waals surface area contributed by atoms with Crippen molar-refractivity contribution < 1.29 is 32.5 Å². The molecule has 0 aliphatic carbocycles. The fourth-order valence-electron chi connectivity index (χ4n) is 5.68. The van der Waals surface area contributed by atoms with Gasteiger partial charge in [0.25, 0.3) is 15.9 Å². The van der Waals surface area contributed by atoms with Crippen LogP contribution >= 0.6 is 0 Å². The maximum atomic E-state index is 14.4. The second kappa shape index (κ2) is 17.0. The lowest BCUT2D eigenvalue weighted by Crippen LogP contribution is -2.47. The molecule has 10 nitrogen and oxygen atoms in total. The zero-order valence-electron chi connectivity index (χ0n) is 28.1. The first-order valence-corrected chi connectivity index (χ1v) is 17.7. The van der Waals surface area contributed by atoms with Crippen LogP contribution in [0.25, 0.3) is 0 Å². The molecule has 0 aromatic heterocycles. The van der Waals surface area contributed by atoms with E-state index < -0.39 is 16.1 Å². The Kier molecular flexibility index (Phi) is 13.1. The Bertz CT molecular complexity index is 1540. The average molecular weight is 668 g/mol. The van der Waals surface area contributed by atoms with Gasteiger partial charge in [-0.2, -0.15) is 0 Å². The number of amides is 1. The van der Waals surface area contributed by atoms with Crippen molar-refractivity contribution in [2.45, 2.75) is 69.7 Å². The molecule has 256 valence electrons. The molecule has 47 heavy (non-hydrogen) atoms. The SMILES string of the molecule is COc1ccc(S(=O)(=O)Nc2ccc3c(c2)C(=O)N([C@H](C)CO)C[C@@H](C)[C@@H](CN(C)Cc2ccccc2)OCCCC[C@H](C)O3)cc1. The van der Waals surface area contributed by atoms with Gasteiger partial charge in [0.1, 0.15) is 11.5 Å². The summed E-state index contributed by atoms with van der Waals surface area (Å²) < 4.78 is 47.0. The standard InChI is InChI=1S/C36H49N3O7S/c1-26-22-39(27(2)25-40)36(41)33-21-30(37-47(42,43)32-17-15-31(44-5)16-18-32)14-19-34(33)46-28(3)11-9-10-20-45-35(26)24-38(4)23-29-12-7-6-8-13-29/h6-8,12-19,21,26-28,35,37,40H,9-11,20,22-25H2,1-5H3/t26-,27-,28+,35-/m1/s1. The van der Waals surface area contributed by atoms with Gasteiger partial charge in [-0.25, -0.2) is 8.42 Å². The summed E-state index contributed by atoms with van der Waals surface area (Å²) in [5, 5.41) is 10.2. The van der Waals surface area contributed by atoms with Crippen molar-refractivity contribution in [2.24, 2.45) is 5.92 Å². The number of fused-ring (bicyclic) bond motifs is 1. The van der Waals surface area contributed by atoms with Crippen LogP contribution in [0.1, 0.15) is 56.0 Å². The molecule has 0 bridgehead atoms. The van der Waals surface area contributed by atoms with E-state index in [1.165, 1.54) is 30.9 Å². The highest BCUT2D eigenvalue weighted by molar-refractivity contribution is 7.92. The number of methoxy groups -OCH3 is 1. The van der Waals surface area contributed by atoms with E-state index in [0.29, 0.717) is 31.2 Å². The Labute approximate surface area is 279 Å². The summed E-state index contributed by atoms with van der Waals surface area (Å²) in [6.45, 7) is 7.92. The first-order chi connectivity index (χ1) is 22.5. The van der Waals surface area contributed by atoms with E-state index in [0.717, 1.165) is 25.8 Å². The minimum atomic E-state index is -3.96. The van der Waals surface area contributed by atoms with Crippen LogP contribution in [0.4, 0.5) is 5.69 Å². The predicted octanol–water partition coefficient (Wildman–Crippen LogP) is 5.42. The Hall–Kier alpha value is -3.64. The number of likely N-dealkylation sites (N-methyl/N-ethyl adjacent to an activating group) is 1. The molecule has 4 rings (SSSR count). The van der Waals surface area contributed by atoms with Crippen LogP contribution < -0.4 is 14.2 Å². The summed E-state index contributed by atoms with van der Waals surface area (Å²) in [5.41, 5.74) is 1.65. The Morgan fingerprint density at radius 1 is 1.06 bits per heavy atom. The van der Waals surface area contributed by atoms with Crippen LogP contribution in [0.5, 0.6) is 11.5 Å². The molecule has 1 heterocycles. The molecule has 0 saturated carbocycles. The lowest BCUT2D eigenvalue weighted by molar-refractivity contribution is -0.0177. The highest BCUT2D eigenvalue weighted by atomic mass is 32.2. The molecule has 4 atom stereocenters. The van der Waals surface area contributed by atoms with Crippen LogP contribution in [-0.4, -0.2) is 87.9 Å². The average Bonchev–Trinajstić information content (AvgIpc) is 3.06. The van der Waals surface area contributed by atoms with Crippen molar-refractivity contribution in [3.05, 3.63) is 83.9 Å². The zero-order chi connectivity index (χ0) is 34.0. The lowest BCUT2D eigenvalue weighted by atomic mass is 10.0. The number of nitrogens with one attached hydrogen (secondary N) is 1. The molecule has 1 aliphatic heterocycles. The van der Waals surface area contributed by atoms with Gasteiger partial charge in [0.05, 0.1) is 42.4 Å². The summed E-state index contributed by atoms with van der Waals surface area (Å²) in [6.07, 6.45) is 2.16. The number of aliphatic hydroxyl groups excluding tert-OH is 1. The number of ether oxygens (including phenoxy) is 3. The molecular formula is C36H49N3O7S. The third kappa shape index (κ3) is 10.2. The summed E-state index contributed by atoms with van der Waals surface area (Å²) in [6, 6.07) is 20.6.